The molecule has 0 saturated carbocycles. The second kappa shape index (κ2) is 5.94. The number of methoxy groups -OCH3 is 2. The van der Waals surface area contributed by atoms with Crippen LogP contribution in [0.3, 0.4) is 0 Å². The fourth-order valence-electron chi connectivity index (χ4n) is 1.23. The molecule has 0 N–H and O–H groups in total. The third kappa shape index (κ3) is 3.52. The van der Waals surface area contributed by atoms with Gasteiger partial charge in [0, 0.05) is 0 Å². The van der Waals surface area contributed by atoms with E-state index in [-0.39, 0.29) is 0 Å². The summed E-state index contributed by atoms with van der Waals surface area (Å²) in [6.07, 6.45) is 0. The summed E-state index contributed by atoms with van der Waals surface area (Å²) >= 11 is 0. The van der Waals surface area contributed by atoms with Crippen molar-refractivity contribution in [2.24, 2.45) is 0 Å². The highest BCUT2D eigenvalue weighted by atomic mass is 16.5. The third-order valence-corrected chi connectivity index (χ3v) is 2.06. The van der Waals surface area contributed by atoms with Gasteiger partial charge in [-0.15, -0.1) is 0 Å². The highest BCUT2D eigenvalue weighted by molar-refractivity contribution is 5.90. The second-order valence-electron chi connectivity index (χ2n) is 3.60. The van der Waals surface area contributed by atoms with Gasteiger partial charge in [-0.05, 0) is 30.7 Å². The van der Waals surface area contributed by atoms with Crippen molar-refractivity contribution in [3.05, 3.63) is 35.9 Å². The lowest BCUT2D eigenvalue weighted by Crippen LogP contribution is -2.04. The van der Waals surface area contributed by atoms with E-state index < -0.39 is 5.97 Å². The Morgan fingerprint density at radius 3 is 2.53 bits per heavy atom. The van der Waals surface area contributed by atoms with Crippen LogP contribution in [0, 0.1) is 0 Å². The average molecular weight is 236 g/mol. The molecule has 4 nitrogen and oxygen atoms in total. The van der Waals surface area contributed by atoms with Gasteiger partial charge in [0.25, 0.3) is 0 Å². The molecule has 0 saturated heterocycles. The highest BCUT2D eigenvalue weighted by Crippen LogP contribution is 2.28. The molecular formula is C13H16O4. The van der Waals surface area contributed by atoms with Crippen molar-refractivity contribution in [1.29, 1.82) is 0 Å². The van der Waals surface area contributed by atoms with E-state index in [1.165, 1.54) is 14.2 Å². The molecule has 0 bridgehead atoms. The van der Waals surface area contributed by atoms with Crippen molar-refractivity contribution in [2.45, 2.75) is 6.92 Å². The Morgan fingerprint density at radius 2 is 2.00 bits per heavy atom. The van der Waals surface area contributed by atoms with Crippen LogP contribution in [-0.2, 0) is 4.74 Å². The molecule has 0 atom stereocenters. The van der Waals surface area contributed by atoms with Crippen LogP contribution in [0.15, 0.2) is 30.4 Å². The van der Waals surface area contributed by atoms with Crippen molar-refractivity contribution >= 4 is 5.97 Å². The minimum Gasteiger partial charge on any atom is -0.493 e. The summed E-state index contributed by atoms with van der Waals surface area (Å²) in [6, 6.07) is 4.88. The van der Waals surface area contributed by atoms with Crippen LogP contribution in [0.25, 0.3) is 0 Å². The van der Waals surface area contributed by atoms with Crippen molar-refractivity contribution in [3.63, 3.8) is 0 Å². The molecule has 17 heavy (non-hydrogen) atoms. The molecule has 0 radical (unpaired) electrons. The van der Waals surface area contributed by atoms with Crippen molar-refractivity contribution in [3.8, 4) is 11.5 Å². The maximum absolute atomic E-state index is 11.3. The number of ether oxygens (including phenoxy) is 3. The minimum atomic E-state index is -0.408. The lowest BCUT2D eigenvalue weighted by molar-refractivity contribution is 0.0600. The average Bonchev–Trinajstić information content (AvgIpc) is 2.34. The first kappa shape index (κ1) is 13.1. The van der Waals surface area contributed by atoms with E-state index in [4.69, 9.17) is 9.47 Å². The van der Waals surface area contributed by atoms with Crippen LogP contribution in [0.2, 0.25) is 0 Å². The normalized spacial score (nSPS) is 9.59. The van der Waals surface area contributed by atoms with Gasteiger partial charge < -0.3 is 14.2 Å². The molecule has 0 heterocycles. The summed E-state index contributed by atoms with van der Waals surface area (Å²) in [5, 5.41) is 0. The van der Waals surface area contributed by atoms with Gasteiger partial charge in [0.15, 0.2) is 11.5 Å². The maximum Gasteiger partial charge on any atom is 0.337 e. The fraction of sp³-hybridized carbons (Fsp3) is 0.308. The topological polar surface area (TPSA) is 44.8 Å². The van der Waals surface area contributed by atoms with Gasteiger partial charge in [0.1, 0.15) is 6.61 Å². The lowest BCUT2D eigenvalue weighted by atomic mass is 10.2. The zero-order valence-corrected chi connectivity index (χ0v) is 10.3. The Bertz CT molecular complexity index is 423. The standard InChI is InChI=1S/C13H16O4/c1-9(2)8-17-11-6-5-10(13(14)16-4)7-12(11)15-3/h5-7H,1,8H2,2-4H3. The molecule has 0 aromatic heterocycles. The molecule has 0 aliphatic heterocycles. The van der Waals surface area contributed by atoms with Crippen molar-refractivity contribution < 1.29 is 19.0 Å². The van der Waals surface area contributed by atoms with Crippen molar-refractivity contribution in [1.82, 2.24) is 0 Å². The van der Waals surface area contributed by atoms with E-state index in [1.54, 1.807) is 18.2 Å². The largest absolute Gasteiger partial charge is 0.493 e. The zero-order chi connectivity index (χ0) is 12.8. The summed E-state index contributed by atoms with van der Waals surface area (Å²) in [5.41, 5.74) is 1.33. The van der Waals surface area contributed by atoms with Gasteiger partial charge >= 0.3 is 5.97 Å². The maximum atomic E-state index is 11.3. The predicted molar refractivity (Wildman–Crippen MR) is 64.6 cm³/mol. The molecule has 0 spiro atoms. The quantitative estimate of drug-likeness (QED) is 0.582. The lowest BCUT2D eigenvalue weighted by Gasteiger charge is -2.11. The molecule has 1 aromatic carbocycles. The van der Waals surface area contributed by atoms with E-state index in [0.717, 1.165) is 5.57 Å². The summed E-state index contributed by atoms with van der Waals surface area (Å²) in [5.74, 6) is 0.659. The van der Waals surface area contributed by atoms with Gasteiger partial charge in [-0.2, -0.15) is 0 Å². The van der Waals surface area contributed by atoms with Gasteiger partial charge in [-0.3, -0.25) is 0 Å². The molecule has 0 aliphatic carbocycles. The van der Waals surface area contributed by atoms with Crippen molar-refractivity contribution in [2.75, 3.05) is 20.8 Å². The number of hydrogen-bond donors (Lipinski definition) is 0. The third-order valence-electron chi connectivity index (χ3n) is 2.06. The van der Waals surface area contributed by atoms with Gasteiger partial charge in [-0.25, -0.2) is 4.79 Å². The van der Waals surface area contributed by atoms with Gasteiger partial charge in [-0.1, -0.05) is 6.58 Å². The smallest absolute Gasteiger partial charge is 0.337 e. The summed E-state index contributed by atoms with van der Waals surface area (Å²) in [7, 11) is 2.85. The van der Waals surface area contributed by atoms with E-state index >= 15 is 0 Å². The summed E-state index contributed by atoms with van der Waals surface area (Å²) in [4.78, 5) is 11.3. The predicted octanol–water partition coefficient (Wildman–Crippen LogP) is 2.44. The molecule has 4 heteroatoms. The number of benzene rings is 1. The van der Waals surface area contributed by atoms with Crippen LogP contribution >= 0.6 is 0 Å². The SMILES string of the molecule is C=C(C)COc1ccc(C(=O)OC)cc1OC. The van der Waals surface area contributed by atoms with Crippen LogP contribution in [0.4, 0.5) is 0 Å². The molecule has 1 rings (SSSR count). The van der Waals surface area contributed by atoms with Crippen LogP contribution < -0.4 is 9.47 Å². The number of hydrogen-bond acceptors (Lipinski definition) is 4. The Kier molecular flexibility index (Phi) is 4.57. The first-order valence-corrected chi connectivity index (χ1v) is 5.12. The zero-order valence-electron chi connectivity index (χ0n) is 10.3. The number of carbonyl (C=O) groups is 1. The Hall–Kier alpha value is -1.97. The molecule has 0 amide bonds. The van der Waals surface area contributed by atoms with E-state index in [2.05, 4.69) is 11.3 Å². The second-order valence-corrected chi connectivity index (χ2v) is 3.60. The molecule has 0 fully saturated rings. The molecule has 0 unspecified atom stereocenters. The molecule has 1 aromatic rings. The summed E-state index contributed by atoms with van der Waals surface area (Å²) in [6.45, 7) is 6.03. The Labute approximate surface area is 101 Å². The van der Waals surface area contributed by atoms with E-state index in [9.17, 15) is 4.79 Å². The Morgan fingerprint density at radius 1 is 1.29 bits per heavy atom. The van der Waals surface area contributed by atoms with Crippen LogP contribution in [0.5, 0.6) is 11.5 Å². The molecule has 0 aliphatic rings. The van der Waals surface area contributed by atoms with Gasteiger partial charge in [0.05, 0.1) is 19.8 Å². The van der Waals surface area contributed by atoms with Crippen LogP contribution in [-0.4, -0.2) is 26.8 Å². The first-order valence-electron chi connectivity index (χ1n) is 5.12. The monoisotopic (exact) mass is 236 g/mol. The Balaban J connectivity index is 2.93. The summed E-state index contributed by atoms with van der Waals surface area (Å²) < 4.78 is 15.3. The van der Waals surface area contributed by atoms with Crippen LogP contribution in [0.1, 0.15) is 17.3 Å². The molecular weight excluding hydrogens is 220 g/mol. The van der Waals surface area contributed by atoms with Gasteiger partial charge in [0.2, 0.25) is 0 Å². The fourth-order valence-corrected chi connectivity index (χ4v) is 1.23. The van der Waals surface area contributed by atoms with E-state index in [0.29, 0.717) is 23.7 Å². The molecule has 92 valence electrons. The number of carbonyl (C=O) groups excluding carboxylic acids is 1. The first-order chi connectivity index (χ1) is 8.08. The van der Waals surface area contributed by atoms with E-state index in [1.807, 2.05) is 6.92 Å². The minimum absolute atomic E-state index is 0.408. The highest BCUT2D eigenvalue weighted by Gasteiger charge is 2.11. The number of rotatable bonds is 5. The number of esters is 1.